The summed E-state index contributed by atoms with van der Waals surface area (Å²) in [6, 6.07) is -3.39. The van der Waals surface area contributed by atoms with Crippen molar-refractivity contribution in [2.24, 2.45) is 23.1 Å². The molecule has 0 radical (unpaired) electrons. The SMILES string of the molecule is CC(C)CC(N)C(=O)NC(CCCCN)C(=O)NC(CCCCN)C(=O)N1CCCC1C(=O)O. The number of aliphatic carboxylic acids is 1. The summed E-state index contributed by atoms with van der Waals surface area (Å²) >= 11 is 0. The van der Waals surface area contributed by atoms with Gasteiger partial charge in [0.2, 0.25) is 17.7 Å². The van der Waals surface area contributed by atoms with Crippen molar-refractivity contribution in [3.63, 3.8) is 0 Å². The highest BCUT2D eigenvalue weighted by Crippen LogP contribution is 2.20. The molecule has 4 atom stereocenters. The molecule has 0 saturated carbocycles. The van der Waals surface area contributed by atoms with E-state index in [-0.39, 0.29) is 5.92 Å². The lowest BCUT2D eigenvalue weighted by molar-refractivity contribution is -0.149. The Morgan fingerprint density at radius 1 is 0.941 bits per heavy atom. The Hall–Kier alpha value is -2.24. The number of carboxylic acid groups (broad SMARTS) is 1. The van der Waals surface area contributed by atoms with Crippen LogP contribution in [-0.4, -0.2) is 77.5 Å². The molecular weight excluding hydrogens is 440 g/mol. The van der Waals surface area contributed by atoms with Crippen molar-refractivity contribution in [2.75, 3.05) is 19.6 Å². The number of likely N-dealkylation sites (tertiary alicyclic amines) is 1. The predicted octanol–water partition coefficient (Wildman–Crippen LogP) is -0.337. The Bertz CT molecular complexity index is 674. The lowest BCUT2D eigenvalue weighted by Crippen LogP contribution is -2.57. The average molecular weight is 485 g/mol. The van der Waals surface area contributed by atoms with Gasteiger partial charge in [-0.25, -0.2) is 4.79 Å². The van der Waals surface area contributed by atoms with Gasteiger partial charge in [0.1, 0.15) is 18.1 Å². The van der Waals surface area contributed by atoms with Gasteiger partial charge in [0.25, 0.3) is 0 Å². The zero-order chi connectivity index (χ0) is 25.7. The topological polar surface area (TPSA) is 194 Å². The highest BCUT2D eigenvalue weighted by atomic mass is 16.4. The summed E-state index contributed by atoms with van der Waals surface area (Å²) in [7, 11) is 0. The summed E-state index contributed by atoms with van der Waals surface area (Å²) in [4.78, 5) is 51.9. The van der Waals surface area contributed by atoms with Gasteiger partial charge in [0, 0.05) is 6.54 Å². The molecule has 1 fully saturated rings. The molecule has 0 aromatic heterocycles. The van der Waals surface area contributed by atoms with Crippen LogP contribution in [-0.2, 0) is 19.2 Å². The molecule has 4 unspecified atom stereocenters. The minimum atomic E-state index is -1.05. The first-order valence-electron chi connectivity index (χ1n) is 12.4. The maximum absolute atomic E-state index is 13.2. The number of carbonyl (C=O) groups is 4. The van der Waals surface area contributed by atoms with E-state index in [9.17, 15) is 24.3 Å². The smallest absolute Gasteiger partial charge is 0.326 e. The quantitative estimate of drug-likeness (QED) is 0.160. The fourth-order valence-electron chi connectivity index (χ4n) is 4.17. The van der Waals surface area contributed by atoms with Crippen LogP contribution in [0.4, 0.5) is 0 Å². The summed E-state index contributed by atoms with van der Waals surface area (Å²) in [5.74, 6) is -2.15. The Kier molecular flexibility index (Phi) is 13.7. The lowest BCUT2D eigenvalue weighted by Gasteiger charge is -2.29. The van der Waals surface area contributed by atoms with Gasteiger partial charge >= 0.3 is 5.97 Å². The summed E-state index contributed by atoms with van der Waals surface area (Å²) < 4.78 is 0. The van der Waals surface area contributed by atoms with Gasteiger partial charge in [-0.05, 0) is 76.8 Å². The fourth-order valence-corrected chi connectivity index (χ4v) is 4.17. The van der Waals surface area contributed by atoms with E-state index in [4.69, 9.17) is 17.2 Å². The monoisotopic (exact) mass is 484 g/mol. The molecule has 0 aliphatic carbocycles. The van der Waals surface area contributed by atoms with E-state index in [1.54, 1.807) is 0 Å². The molecule has 1 aliphatic heterocycles. The highest BCUT2D eigenvalue weighted by Gasteiger charge is 2.38. The van der Waals surface area contributed by atoms with E-state index >= 15 is 0 Å². The van der Waals surface area contributed by atoms with Crippen molar-refractivity contribution >= 4 is 23.7 Å². The number of rotatable bonds is 16. The highest BCUT2D eigenvalue weighted by molar-refractivity contribution is 5.94. The normalized spacial score (nSPS) is 18.4. The molecule has 0 aromatic carbocycles. The number of unbranched alkanes of at least 4 members (excludes halogenated alkanes) is 2. The van der Waals surface area contributed by atoms with Gasteiger partial charge in [-0.3, -0.25) is 14.4 Å². The number of nitrogens with two attached hydrogens (primary N) is 3. The summed E-state index contributed by atoms with van der Waals surface area (Å²) in [5, 5.41) is 15.0. The first kappa shape index (κ1) is 29.8. The Morgan fingerprint density at radius 2 is 1.50 bits per heavy atom. The third-order valence-corrected chi connectivity index (χ3v) is 6.02. The van der Waals surface area contributed by atoms with Crippen molar-refractivity contribution in [1.29, 1.82) is 0 Å². The minimum absolute atomic E-state index is 0.220. The maximum Gasteiger partial charge on any atom is 0.326 e. The van der Waals surface area contributed by atoms with Gasteiger partial charge in [-0.15, -0.1) is 0 Å². The molecule has 1 saturated heterocycles. The second-order valence-corrected chi connectivity index (χ2v) is 9.46. The van der Waals surface area contributed by atoms with Crippen LogP contribution in [0, 0.1) is 5.92 Å². The molecule has 1 rings (SSSR count). The molecule has 0 spiro atoms. The summed E-state index contributed by atoms with van der Waals surface area (Å²) in [5.41, 5.74) is 17.1. The molecule has 0 aromatic rings. The second kappa shape index (κ2) is 15.6. The van der Waals surface area contributed by atoms with Crippen LogP contribution in [0.15, 0.2) is 0 Å². The summed E-state index contributed by atoms with van der Waals surface area (Å²) in [6.07, 6.45) is 4.72. The zero-order valence-electron chi connectivity index (χ0n) is 20.6. The van der Waals surface area contributed by atoms with E-state index < -0.39 is 47.9 Å². The predicted molar refractivity (Wildman–Crippen MR) is 129 cm³/mol. The first-order valence-corrected chi connectivity index (χ1v) is 12.4. The molecule has 196 valence electrons. The molecule has 11 heteroatoms. The number of hydrogen-bond acceptors (Lipinski definition) is 7. The van der Waals surface area contributed by atoms with Crippen LogP contribution in [0.25, 0.3) is 0 Å². The van der Waals surface area contributed by atoms with Gasteiger partial charge in [0.05, 0.1) is 6.04 Å². The Labute approximate surface area is 202 Å². The molecule has 0 bridgehead atoms. The number of amides is 3. The lowest BCUT2D eigenvalue weighted by atomic mass is 10.0. The molecule has 34 heavy (non-hydrogen) atoms. The van der Waals surface area contributed by atoms with Crippen LogP contribution in [0.5, 0.6) is 0 Å². The minimum Gasteiger partial charge on any atom is -0.480 e. The van der Waals surface area contributed by atoms with Gasteiger partial charge < -0.3 is 37.8 Å². The maximum atomic E-state index is 13.2. The van der Waals surface area contributed by atoms with Crippen molar-refractivity contribution in [3.05, 3.63) is 0 Å². The van der Waals surface area contributed by atoms with Crippen molar-refractivity contribution < 1.29 is 24.3 Å². The largest absolute Gasteiger partial charge is 0.480 e. The Balaban J connectivity index is 2.97. The van der Waals surface area contributed by atoms with Crippen LogP contribution in [0.1, 0.15) is 71.6 Å². The fraction of sp³-hybridized carbons (Fsp3) is 0.826. The molecular formula is C23H44N6O5. The van der Waals surface area contributed by atoms with Gasteiger partial charge in [-0.1, -0.05) is 13.8 Å². The third-order valence-electron chi connectivity index (χ3n) is 6.02. The molecule has 11 nitrogen and oxygen atoms in total. The van der Waals surface area contributed by atoms with Crippen LogP contribution in [0.2, 0.25) is 0 Å². The number of carbonyl (C=O) groups excluding carboxylic acids is 3. The zero-order valence-corrected chi connectivity index (χ0v) is 20.6. The van der Waals surface area contributed by atoms with Crippen molar-refractivity contribution in [1.82, 2.24) is 15.5 Å². The van der Waals surface area contributed by atoms with E-state index in [1.165, 1.54) is 4.90 Å². The van der Waals surface area contributed by atoms with Crippen molar-refractivity contribution in [2.45, 2.75) is 95.8 Å². The van der Waals surface area contributed by atoms with Crippen LogP contribution >= 0.6 is 0 Å². The van der Waals surface area contributed by atoms with E-state index in [2.05, 4.69) is 10.6 Å². The molecule has 1 heterocycles. The third kappa shape index (κ3) is 9.94. The first-order chi connectivity index (χ1) is 16.1. The van der Waals surface area contributed by atoms with Crippen LogP contribution in [0.3, 0.4) is 0 Å². The van der Waals surface area contributed by atoms with E-state index in [0.29, 0.717) is 77.4 Å². The summed E-state index contributed by atoms with van der Waals surface area (Å²) in [6.45, 7) is 5.15. The Morgan fingerprint density at radius 3 is 2.03 bits per heavy atom. The number of nitrogens with one attached hydrogen (secondary N) is 2. The number of nitrogens with zero attached hydrogens (tertiary/aromatic N) is 1. The van der Waals surface area contributed by atoms with Gasteiger partial charge in [0.15, 0.2) is 0 Å². The second-order valence-electron chi connectivity index (χ2n) is 9.46. The standard InChI is InChI=1S/C23H44N6O5/c1-15(2)14-16(26)20(30)27-17(8-3-5-11-24)21(31)28-18(9-4-6-12-25)22(32)29-13-7-10-19(29)23(33)34/h15-19H,3-14,24-26H2,1-2H3,(H,27,30)(H,28,31)(H,33,34). The number of hydrogen-bond donors (Lipinski definition) is 6. The van der Waals surface area contributed by atoms with E-state index in [1.807, 2.05) is 13.8 Å². The average Bonchev–Trinajstić information content (AvgIpc) is 3.27. The molecule has 1 aliphatic rings. The number of carboxylic acids is 1. The van der Waals surface area contributed by atoms with Gasteiger partial charge in [-0.2, -0.15) is 0 Å². The molecule has 9 N–H and O–H groups in total. The molecule has 3 amide bonds. The van der Waals surface area contributed by atoms with E-state index in [0.717, 1.165) is 0 Å². The van der Waals surface area contributed by atoms with Crippen LogP contribution < -0.4 is 27.8 Å². The van der Waals surface area contributed by atoms with Crippen molar-refractivity contribution in [3.8, 4) is 0 Å².